The molecule has 1 aliphatic heterocycles. The third-order valence-electron chi connectivity index (χ3n) is 5.30. The van der Waals surface area contributed by atoms with Crippen molar-refractivity contribution >= 4 is 11.9 Å². The van der Waals surface area contributed by atoms with E-state index >= 15 is 4.39 Å². The predicted octanol–water partition coefficient (Wildman–Crippen LogP) is 1.91. The maximum atomic E-state index is 16.0. The van der Waals surface area contributed by atoms with Crippen molar-refractivity contribution in [1.82, 2.24) is 9.80 Å². The number of benzene rings is 1. The first-order valence-electron chi connectivity index (χ1n) is 7.38. The lowest BCUT2D eigenvalue weighted by molar-refractivity contribution is -0.153. The molecule has 0 N–H and O–H groups in total. The molecule has 1 fully saturated rings. The molecule has 5 rings (SSSR count). The molecule has 0 radical (unpaired) electrons. The van der Waals surface area contributed by atoms with Crippen molar-refractivity contribution in [3.63, 3.8) is 0 Å². The highest BCUT2D eigenvalue weighted by Gasteiger charge is 2.66. The van der Waals surface area contributed by atoms with Gasteiger partial charge in [-0.25, -0.2) is 9.18 Å². The standard InChI is InChI=1S/C17H14FN3O2/c1-20-14-11-6-7-12(10-5-3-4-9(8-19)13(10)11)17(14,18)15(22)21(2)16(20)23/h3-7,11-12,14H,1-2H3/t11-,12+,14?,17+/m0/s1. The van der Waals surface area contributed by atoms with Crippen LogP contribution in [0.15, 0.2) is 30.4 Å². The Morgan fingerprint density at radius 2 is 2.00 bits per heavy atom. The molecule has 0 aromatic heterocycles. The molecule has 1 heterocycles. The Morgan fingerprint density at radius 1 is 1.26 bits per heavy atom. The first kappa shape index (κ1) is 13.9. The Labute approximate surface area is 132 Å². The average Bonchev–Trinajstić information content (AvgIpc) is 2.57. The van der Waals surface area contributed by atoms with Crippen molar-refractivity contribution in [1.29, 1.82) is 5.26 Å². The van der Waals surface area contributed by atoms with Crippen molar-refractivity contribution in [3.8, 4) is 6.07 Å². The number of urea groups is 1. The summed E-state index contributed by atoms with van der Waals surface area (Å²) in [5, 5.41) is 9.37. The molecular weight excluding hydrogens is 297 g/mol. The first-order chi connectivity index (χ1) is 10.9. The topological polar surface area (TPSA) is 64.4 Å². The van der Waals surface area contributed by atoms with Crippen LogP contribution in [0.3, 0.4) is 0 Å². The van der Waals surface area contributed by atoms with Gasteiger partial charge in [-0.2, -0.15) is 5.26 Å². The van der Waals surface area contributed by atoms with Gasteiger partial charge < -0.3 is 4.90 Å². The maximum absolute atomic E-state index is 16.0. The lowest BCUT2D eigenvalue weighted by Gasteiger charge is -2.55. The lowest BCUT2D eigenvalue weighted by atomic mass is 9.59. The number of allylic oxidation sites excluding steroid dienone is 1. The minimum Gasteiger partial charge on any atom is -0.320 e. The molecule has 23 heavy (non-hydrogen) atoms. The van der Waals surface area contributed by atoms with Crippen molar-refractivity contribution in [2.75, 3.05) is 14.1 Å². The minimum atomic E-state index is -2.20. The summed E-state index contributed by atoms with van der Waals surface area (Å²) in [5.74, 6) is -2.09. The summed E-state index contributed by atoms with van der Waals surface area (Å²) < 4.78 is 16.0. The van der Waals surface area contributed by atoms with E-state index in [0.29, 0.717) is 11.1 Å². The fraction of sp³-hybridized carbons (Fsp3) is 0.353. The molecule has 4 aliphatic rings. The Kier molecular flexibility index (Phi) is 2.54. The van der Waals surface area contributed by atoms with Crippen LogP contribution in [0.2, 0.25) is 0 Å². The first-order valence-corrected chi connectivity index (χ1v) is 7.38. The molecule has 4 atom stereocenters. The molecule has 1 unspecified atom stereocenters. The van der Waals surface area contributed by atoms with Gasteiger partial charge in [0.25, 0.3) is 5.91 Å². The quantitative estimate of drug-likeness (QED) is 0.688. The Bertz CT molecular complexity index is 828. The van der Waals surface area contributed by atoms with Gasteiger partial charge in [0.15, 0.2) is 0 Å². The van der Waals surface area contributed by atoms with Crippen LogP contribution in [-0.4, -0.2) is 47.5 Å². The van der Waals surface area contributed by atoms with Gasteiger partial charge in [-0.05, 0) is 17.2 Å². The maximum Gasteiger partial charge on any atom is 0.326 e. The van der Waals surface area contributed by atoms with Crippen LogP contribution in [0.25, 0.3) is 0 Å². The number of nitriles is 1. The number of carbonyl (C=O) groups excluding carboxylic acids is 2. The number of amides is 3. The zero-order chi connectivity index (χ0) is 16.5. The molecule has 116 valence electrons. The number of nitrogens with zero attached hydrogens (tertiary/aromatic N) is 3. The summed E-state index contributed by atoms with van der Waals surface area (Å²) in [4.78, 5) is 27.0. The molecule has 0 spiro atoms. The van der Waals surface area contributed by atoms with Crippen LogP contribution >= 0.6 is 0 Å². The number of rotatable bonds is 0. The van der Waals surface area contributed by atoms with Crippen LogP contribution in [0.1, 0.15) is 28.5 Å². The number of imide groups is 1. The number of hydrogen-bond donors (Lipinski definition) is 0. The largest absolute Gasteiger partial charge is 0.326 e. The van der Waals surface area contributed by atoms with Crippen LogP contribution in [0.5, 0.6) is 0 Å². The highest BCUT2D eigenvalue weighted by molar-refractivity contribution is 6.03. The summed E-state index contributed by atoms with van der Waals surface area (Å²) in [5.41, 5.74) is -0.327. The van der Waals surface area contributed by atoms with E-state index in [1.807, 2.05) is 6.08 Å². The highest BCUT2D eigenvalue weighted by Crippen LogP contribution is 2.56. The third-order valence-corrected chi connectivity index (χ3v) is 5.30. The molecule has 2 bridgehead atoms. The van der Waals surface area contributed by atoms with Gasteiger partial charge >= 0.3 is 6.03 Å². The van der Waals surface area contributed by atoms with E-state index in [4.69, 9.17) is 0 Å². The fourth-order valence-corrected chi connectivity index (χ4v) is 4.31. The molecule has 3 aliphatic carbocycles. The predicted molar refractivity (Wildman–Crippen MR) is 79.3 cm³/mol. The van der Waals surface area contributed by atoms with Gasteiger partial charge in [0.1, 0.15) is 0 Å². The zero-order valence-electron chi connectivity index (χ0n) is 12.7. The molecule has 5 nitrogen and oxygen atoms in total. The number of halogens is 1. The smallest absolute Gasteiger partial charge is 0.320 e. The second kappa shape index (κ2) is 4.19. The van der Waals surface area contributed by atoms with Crippen LogP contribution in [-0.2, 0) is 4.79 Å². The second-order valence-corrected chi connectivity index (χ2v) is 6.28. The Balaban J connectivity index is 2.01. The van der Waals surface area contributed by atoms with E-state index in [-0.39, 0.29) is 0 Å². The molecule has 6 heteroatoms. The average molecular weight is 311 g/mol. The SMILES string of the molecule is CN1C(=O)N(C)C2[C@H]3C=C[C@H](c4cccc(C#N)c43)[C@]2(F)C1=O. The minimum absolute atomic E-state index is 0.469. The van der Waals surface area contributed by atoms with E-state index in [9.17, 15) is 14.9 Å². The molecule has 1 aromatic carbocycles. The van der Waals surface area contributed by atoms with E-state index in [1.165, 1.54) is 19.0 Å². The van der Waals surface area contributed by atoms with Crippen molar-refractivity contribution < 1.29 is 14.0 Å². The second-order valence-electron chi connectivity index (χ2n) is 6.28. The summed E-state index contributed by atoms with van der Waals surface area (Å²) in [6.45, 7) is 0. The van der Waals surface area contributed by atoms with Gasteiger partial charge in [0.05, 0.1) is 17.7 Å². The highest BCUT2D eigenvalue weighted by atomic mass is 19.1. The molecule has 3 amide bonds. The van der Waals surface area contributed by atoms with E-state index in [2.05, 4.69) is 6.07 Å². The number of alkyl halides is 1. The zero-order valence-corrected chi connectivity index (χ0v) is 12.7. The third kappa shape index (κ3) is 1.40. The van der Waals surface area contributed by atoms with E-state index < -0.39 is 35.5 Å². The number of hydrogen-bond acceptors (Lipinski definition) is 3. The summed E-state index contributed by atoms with van der Waals surface area (Å²) in [7, 11) is 2.81. The molecule has 1 aromatic rings. The van der Waals surface area contributed by atoms with Gasteiger partial charge in [0, 0.05) is 25.9 Å². The Morgan fingerprint density at radius 3 is 2.70 bits per heavy atom. The van der Waals surface area contributed by atoms with Gasteiger partial charge in [-0.15, -0.1) is 0 Å². The molecular formula is C17H14FN3O2. The Hall–Kier alpha value is -2.68. The lowest BCUT2D eigenvalue weighted by Crippen LogP contribution is -2.72. The van der Waals surface area contributed by atoms with E-state index in [0.717, 1.165) is 10.5 Å². The summed E-state index contributed by atoms with van der Waals surface area (Å²) >= 11 is 0. The van der Waals surface area contributed by atoms with Crippen LogP contribution < -0.4 is 0 Å². The number of likely N-dealkylation sites (N-methyl/N-ethyl adjacent to an activating group) is 1. The van der Waals surface area contributed by atoms with Gasteiger partial charge in [-0.3, -0.25) is 9.69 Å². The molecule has 0 saturated carbocycles. The van der Waals surface area contributed by atoms with Crippen molar-refractivity contribution in [2.24, 2.45) is 0 Å². The number of carbonyl (C=O) groups is 2. The summed E-state index contributed by atoms with van der Waals surface area (Å²) in [6.07, 6.45) is 3.51. The van der Waals surface area contributed by atoms with E-state index in [1.54, 1.807) is 24.3 Å². The van der Waals surface area contributed by atoms with Crippen molar-refractivity contribution in [2.45, 2.75) is 23.5 Å². The van der Waals surface area contributed by atoms with Crippen LogP contribution in [0.4, 0.5) is 9.18 Å². The van der Waals surface area contributed by atoms with Gasteiger partial charge in [-0.1, -0.05) is 24.3 Å². The van der Waals surface area contributed by atoms with Crippen molar-refractivity contribution in [3.05, 3.63) is 47.0 Å². The van der Waals surface area contributed by atoms with Gasteiger partial charge in [0.2, 0.25) is 5.67 Å². The van der Waals surface area contributed by atoms with Crippen LogP contribution in [0, 0.1) is 11.3 Å². The fourth-order valence-electron chi connectivity index (χ4n) is 4.31. The molecule has 1 saturated heterocycles. The normalized spacial score (nSPS) is 34.3. The summed E-state index contributed by atoms with van der Waals surface area (Å²) in [6, 6.07) is 5.85. The monoisotopic (exact) mass is 311 g/mol.